The van der Waals surface area contributed by atoms with E-state index in [1.807, 2.05) is 0 Å². The van der Waals surface area contributed by atoms with Crippen LogP contribution in [-0.2, 0) is 0 Å². The van der Waals surface area contributed by atoms with E-state index in [2.05, 4.69) is 0 Å². The van der Waals surface area contributed by atoms with Crippen molar-refractivity contribution in [1.29, 1.82) is 0 Å². The number of aliphatic hydroxyl groups is 1. The molecule has 0 saturated heterocycles. The molecule has 1 saturated carbocycles. The van der Waals surface area contributed by atoms with E-state index in [0.717, 1.165) is 6.42 Å². The SMILES string of the molecule is OC(CC1CCCCC1)c1ccc(F)cc1Cl. The highest BCUT2D eigenvalue weighted by atomic mass is 35.5. The van der Waals surface area contributed by atoms with Crippen LogP contribution in [0.2, 0.25) is 5.02 Å². The van der Waals surface area contributed by atoms with Gasteiger partial charge in [-0.15, -0.1) is 0 Å². The van der Waals surface area contributed by atoms with Gasteiger partial charge < -0.3 is 5.11 Å². The first-order valence-electron chi connectivity index (χ1n) is 6.30. The highest BCUT2D eigenvalue weighted by Crippen LogP contribution is 2.34. The molecule has 0 heterocycles. The number of rotatable bonds is 3. The van der Waals surface area contributed by atoms with Crippen LogP contribution < -0.4 is 0 Å². The molecule has 1 aliphatic carbocycles. The van der Waals surface area contributed by atoms with Gasteiger partial charge in [0, 0.05) is 5.02 Å². The maximum atomic E-state index is 12.9. The van der Waals surface area contributed by atoms with E-state index in [0.29, 0.717) is 16.5 Å². The van der Waals surface area contributed by atoms with E-state index in [1.165, 1.54) is 44.2 Å². The first-order chi connectivity index (χ1) is 8.16. The molecule has 17 heavy (non-hydrogen) atoms. The van der Waals surface area contributed by atoms with Gasteiger partial charge in [-0.25, -0.2) is 4.39 Å². The molecule has 0 aromatic heterocycles. The molecule has 1 fully saturated rings. The average Bonchev–Trinajstić information content (AvgIpc) is 2.30. The molecule has 2 rings (SSSR count). The zero-order valence-corrected chi connectivity index (χ0v) is 10.6. The quantitative estimate of drug-likeness (QED) is 0.845. The van der Waals surface area contributed by atoms with E-state index in [9.17, 15) is 9.50 Å². The fourth-order valence-electron chi connectivity index (χ4n) is 2.64. The lowest BCUT2D eigenvalue weighted by atomic mass is 9.84. The summed E-state index contributed by atoms with van der Waals surface area (Å²) >= 11 is 5.94. The summed E-state index contributed by atoms with van der Waals surface area (Å²) in [7, 11) is 0. The molecule has 0 bridgehead atoms. The molecule has 3 heteroatoms. The summed E-state index contributed by atoms with van der Waals surface area (Å²) in [5.74, 6) is 0.225. The number of benzene rings is 1. The molecule has 1 unspecified atom stereocenters. The third kappa shape index (κ3) is 3.43. The lowest BCUT2D eigenvalue weighted by Crippen LogP contribution is -2.11. The van der Waals surface area contributed by atoms with Crippen molar-refractivity contribution in [3.05, 3.63) is 34.6 Å². The van der Waals surface area contributed by atoms with Crippen LogP contribution in [0.1, 0.15) is 50.2 Å². The number of hydrogen-bond acceptors (Lipinski definition) is 1. The molecule has 0 spiro atoms. The van der Waals surface area contributed by atoms with Gasteiger partial charge >= 0.3 is 0 Å². The van der Waals surface area contributed by atoms with Crippen molar-refractivity contribution in [2.24, 2.45) is 5.92 Å². The van der Waals surface area contributed by atoms with E-state index in [-0.39, 0.29) is 5.82 Å². The predicted molar refractivity (Wildman–Crippen MR) is 67.6 cm³/mol. The second kappa shape index (κ2) is 5.83. The molecule has 1 N–H and O–H groups in total. The Kier molecular flexibility index (Phi) is 4.41. The van der Waals surface area contributed by atoms with Crippen molar-refractivity contribution in [2.75, 3.05) is 0 Å². The van der Waals surface area contributed by atoms with E-state index < -0.39 is 6.10 Å². The third-order valence-electron chi connectivity index (χ3n) is 3.60. The van der Waals surface area contributed by atoms with Gasteiger partial charge in [0.05, 0.1) is 6.10 Å². The molecule has 0 radical (unpaired) electrons. The zero-order valence-electron chi connectivity index (χ0n) is 9.83. The molecule has 0 amide bonds. The van der Waals surface area contributed by atoms with Gasteiger partial charge in [-0.05, 0) is 30.0 Å². The van der Waals surface area contributed by atoms with Crippen LogP contribution in [0.3, 0.4) is 0 Å². The summed E-state index contributed by atoms with van der Waals surface area (Å²) in [6.07, 6.45) is 6.38. The van der Waals surface area contributed by atoms with Crippen molar-refractivity contribution < 1.29 is 9.50 Å². The summed E-state index contributed by atoms with van der Waals surface area (Å²) in [6.45, 7) is 0. The molecular formula is C14H18ClFO. The number of halogens is 2. The number of aliphatic hydroxyl groups excluding tert-OH is 1. The second-order valence-corrected chi connectivity index (χ2v) is 5.33. The van der Waals surface area contributed by atoms with E-state index in [1.54, 1.807) is 6.07 Å². The highest BCUT2D eigenvalue weighted by Gasteiger charge is 2.20. The Hall–Kier alpha value is -0.600. The van der Waals surface area contributed by atoms with Crippen molar-refractivity contribution >= 4 is 11.6 Å². The standard InChI is InChI=1S/C14H18ClFO/c15-13-9-11(16)6-7-12(13)14(17)8-10-4-2-1-3-5-10/h6-7,9-10,14,17H,1-5,8H2. The molecule has 94 valence electrons. The molecule has 0 aliphatic heterocycles. The molecule has 1 nitrogen and oxygen atoms in total. The maximum absolute atomic E-state index is 12.9. The van der Waals surface area contributed by atoms with Gasteiger partial charge in [0.25, 0.3) is 0 Å². The molecule has 1 aromatic carbocycles. The lowest BCUT2D eigenvalue weighted by Gasteiger charge is -2.24. The van der Waals surface area contributed by atoms with Crippen molar-refractivity contribution in [3.63, 3.8) is 0 Å². The average molecular weight is 257 g/mol. The Labute approximate surface area is 107 Å². The van der Waals surface area contributed by atoms with Crippen LogP contribution in [0.15, 0.2) is 18.2 Å². The Morgan fingerprint density at radius 2 is 2.00 bits per heavy atom. The first kappa shape index (κ1) is 12.8. The predicted octanol–water partition coefficient (Wildman–Crippen LogP) is 4.48. The van der Waals surface area contributed by atoms with Gasteiger partial charge in [-0.1, -0.05) is 49.8 Å². The summed E-state index contributed by atoms with van der Waals surface area (Å²) < 4.78 is 12.9. The smallest absolute Gasteiger partial charge is 0.124 e. The van der Waals surface area contributed by atoms with E-state index >= 15 is 0 Å². The maximum Gasteiger partial charge on any atom is 0.124 e. The van der Waals surface area contributed by atoms with Crippen molar-refractivity contribution in [2.45, 2.75) is 44.6 Å². The summed E-state index contributed by atoms with van der Waals surface area (Å²) in [4.78, 5) is 0. The van der Waals surface area contributed by atoms with Crippen LogP contribution in [0, 0.1) is 11.7 Å². The van der Waals surface area contributed by atoms with E-state index in [4.69, 9.17) is 11.6 Å². The monoisotopic (exact) mass is 256 g/mol. The van der Waals surface area contributed by atoms with Crippen LogP contribution in [0.4, 0.5) is 4.39 Å². The minimum Gasteiger partial charge on any atom is -0.388 e. The minimum atomic E-state index is -0.564. The Morgan fingerprint density at radius 3 is 2.65 bits per heavy atom. The molecule has 1 atom stereocenters. The largest absolute Gasteiger partial charge is 0.388 e. The fraction of sp³-hybridized carbons (Fsp3) is 0.571. The van der Waals surface area contributed by atoms with Crippen LogP contribution in [0.5, 0.6) is 0 Å². The minimum absolute atomic E-state index is 0.327. The zero-order chi connectivity index (χ0) is 12.3. The topological polar surface area (TPSA) is 20.2 Å². The van der Waals surface area contributed by atoms with Gasteiger partial charge in [0.1, 0.15) is 5.82 Å². The summed E-state index contributed by atoms with van der Waals surface area (Å²) in [5.41, 5.74) is 0.652. The highest BCUT2D eigenvalue weighted by molar-refractivity contribution is 6.31. The van der Waals surface area contributed by atoms with Gasteiger partial charge in [0.15, 0.2) is 0 Å². The fourth-order valence-corrected chi connectivity index (χ4v) is 2.93. The Morgan fingerprint density at radius 1 is 1.29 bits per heavy atom. The van der Waals surface area contributed by atoms with Gasteiger partial charge in [-0.2, -0.15) is 0 Å². The molecule has 1 aromatic rings. The first-order valence-corrected chi connectivity index (χ1v) is 6.67. The van der Waals surface area contributed by atoms with Crippen LogP contribution in [-0.4, -0.2) is 5.11 Å². The lowest BCUT2D eigenvalue weighted by molar-refractivity contribution is 0.131. The van der Waals surface area contributed by atoms with Crippen LogP contribution >= 0.6 is 11.6 Å². The second-order valence-electron chi connectivity index (χ2n) is 4.92. The molecular weight excluding hydrogens is 239 g/mol. The van der Waals surface area contributed by atoms with Gasteiger partial charge in [0.2, 0.25) is 0 Å². The normalized spacial score (nSPS) is 19.2. The summed E-state index contributed by atoms with van der Waals surface area (Å²) in [5, 5.41) is 10.5. The number of hydrogen-bond donors (Lipinski definition) is 1. The molecule has 1 aliphatic rings. The van der Waals surface area contributed by atoms with Crippen molar-refractivity contribution in [3.8, 4) is 0 Å². The third-order valence-corrected chi connectivity index (χ3v) is 3.93. The van der Waals surface area contributed by atoms with Gasteiger partial charge in [-0.3, -0.25) is 0 Å². The van der Waals surface area contributed by atoms with Crippen molar-refractivity contribution in [1.82, 2.24) is 0 Å². The Balaban J connectivity index is 2.00. The Bertz CT molecular complexity index is 374. The summed E-state index contributed by atoms with van der Waals surface area (Å²) in [6, 6.07) is 4.21. The van der Waals surface area contributed by atoms with Crippen LogP contribution in [0.25, 0.3) is 0 Å².